The molecule has 18 heavy (non-hydrogen) atoms. The van der Waals surface area contributed by atoms with Gasteiger partial charge in [-0.15, -0.1) is 0 Å². The number of benzene rings is 1. The molecule has 2 rings (SSSR count). The maximum absolute atomic E-state index is 12.6. The van der Waals surface area contributed by atoms with Gasteiger partial charge in [0, 0.05) is 11.0 Å². The average Bonchev–Trinajstić information content (AvgIpc) is 2.76. The van der Waals surface area contributed by atoms with Crippen LogP contribution in [0.2, 0.25) is 0 Å². The molecule has 0 amide bonds. The molecule has 1 saturated carbocycles. The molecule has 0 saturated heterocycles. The summed E-state index contributed by atoms with van der Waals surface area (Å²) in [5.74, 6) is 1.06. The van der Waals surface area contributed by atoms with Gasteiger partial charge >= 0.3 is 0 Å². The van der Waals surface area contributed by atoms with Gasteiger partial charge < -0.3 is 4.74 Å². The van der Waals surface area contributed by atoms with E-state index in [2.05, 4.69) is 6.92 Å². The van der Waals surface area contributed by atoms with Crippen molar-refractivity contribution >= 4 is 5.78 Å². The van der Waals surface area contributed by atoms with Crippen molar-refractivity contribution in [3.05, 3.63) is 29.8 Å². The second-order valence-electron chi connectivity index (χ2n) is 5.79. The van der Waals surface area contributed by atoms with Gasteiger partial charge in [0.2, 0.25) is 0 Å². The molecule has 1 fully saturated rings. The predicted octanol–water partition coefficient (Wildman–Crippen LogP) is 4.24. The van der Waals surface area contributed by atoms with Crippen molar-refractivity contribution in [1.82, 2.24) is 0 Å². The Labute approximate surface area is 109 Å². The monoisotopic (exact) mass is 246 g/mol. The molecular weight excluding hydrogens is 224 g/mol. The molecule has 1 aromatic rings. The van der Waals surface area contributed by atoms with Crippen molar-refractivity contribution in [1.29, 1.82) is 0 Å². The third-order valence-electron chi connectivity index (χ3n) is 3.72. The van der Waals surface area contributed by atoms with Crippen molar-refractivity contribution in [2.45, 2.75) is 52.6 Å². The Morgan fingerprint density at radius 1 is 1.28 bits per heavy atom. The molecule has 98 valence electrons. The molecule has 0 aromatic heterocycles. The van der Waals surface area contributed by atoms with Gasteiger partial charge in [-0.2, -0.15) is 0 Å². The molecular formula is C16H22O2. The number of carbonyl (C=O) groups excluding carboxylic acids is 1. The minimum Gasteiger partial charge on any atom is -0.491 e. The van der Waals surface area contributed by atoms with E-state index < -0.39 is 0 Å². The van der Waals surface area contributed by atoms with Crippen LogP contribution in [-0.4, -0.2) is 11.9 Å². The van der Waals surface area contributed by atoms with E-state index >= 15 is 0 Å². The topological polar surface area (TPSA) is 26.3 Å². The molecule has 0 atom stereocenters. The molecule has 0 aliphatic heterocycles. The fourth-order valence-electron chi connectivity index (χ4n) is 2.71. The van der Waals surface area contributed by atoms with E-state index in [0.29, 0.717) is 0 Å². The van der Waals surface area contributed by atoms with E-state index in [-0.39, 0.29) is 17.3 Å². The molecule has 0 bridgehead atoms. The average molecular weight is 246 g/mol. The minimum absolute atomic E-state index is 0.136. The number of ketones is 1. The molecule has 2 nitrogen and oxygen atoms in total. The molecule has 1 aliphatic carbocycles. The van der Waals surface area contributed by atoms with Crippen LogP contribution in [0.4, 0.5) is 0 Å². The van der Waals surface area contributed by atoms with Crippen molar-refractivity contribution in [2.24, 2.45) is 5.41 Å². The van der Waals surface area contributed by atoms with E-state index in [1.165, 1.54) is 12.8 Å². The largest absolute Gasteiger partial charge is 0.491 e. The van der Waals surface area contributed by atoms with E-state index in [1.807, 2.05) is 38.1 Å². The van der Waals surface area contributed by atoms with Crippen LogP contribution < -0.4 is 4.74 Å². The second kappa shape index (κ2) is 5.13. The van der Waals surface area contributed by atoms with Crippen LogP contribution in [-0.2, 0) is 0 Å². The summed E-state index contributed by atoms with van der Waals surface area (Å²) < 4.78 is 5.65. The number of hydrogen-bond donors (Lipinski definition) is 0. The van der Waals surface area contributed by atoms with Crippen molar-refractivity contribution in [3.63, 3.8) is 0 Å². The van der Waals surface area contributed by atoms with Crippen LogP contribution in [0.15, 0.2) is 24.3 Å². The van der Waals surface area contributed by atoms with Gasteiger partial charge in [-0.25, -0.2) is 0 Å². The Bertz CT molecular complexity index is 428. The minimum atomic E-state index is -0.156. The first-order chi connectivity index (χ1) is 8.51. The van der Waals surface area contributed by atoms with E-state index in [0.717, 1.165) is 24.2 Å². The molecule has 0 radical (unpaired) electrons. The van der Waals surface area contributed by atoms with Gasteiger partial charge in [0.15, 0.2) is 5.78 Å². The zero-order valence-corrected chi connectivity index (χ0v) is 11.5. The fourth-order valence-corrected chi connectivity index (χ4v) is 2.71. The number of hydrogen-bond acceptors (Lipinski definition) is 2. The summed E-state index contributed by atoms with van der Waals surface area (Å²) in [6.07, 6.45) is 4.51. The smallest absolute Gasteiger partial charge is 0.168 e. The standard InChI is InChI=1S/C16H22O2/c1-12(2)18-14-8-6-7-13(11-14)15(17)16(3)9-4-5-10-16/h6-8,11-12H,4-5,9-10H2,1-3H3. The summed E-state index contributed by atoms with van der Waals surface area (Å²) in [5.41, 5.74) is 0.633. The third-order valence-corrected chi connectivity index (χ3v) is 3.72. The first kappa shape index (κ1) is 13.1. The zero-order valence-electron chi connectivity index (χ0n) is 11.5. The second-order valence-corrected chi connectivity index (χ2v) is 5.79. The highest BCUT2D eigenvalue weighted by molar-refractivity contribution is 6.00. The lowest BCUT2D eigenvalue weighted by Crippen LogP contribution is -2.24. The molecule has 1 aromatic carbocycles. The summed E-state index contributed by atoms with van der Waals surface area (Å²) in [7, 11) is 0. The van der Waals surface area contributed by atoms with Crippen molar-refractivity contribution in [2.75, 3.05) is 0 Å². The lowest BCUT2D eigenvalue weighted by molar-refractivity contribution is 0.0822. The Morgan fingerprint density at radius 3 is 2.56 bits per heavy atom. The predicted molar refractivity (Wildman–Crippen MR) is 73.1 cm³/mol. The molecule has 1 aliphatic rings. The Hall–Kier alpha value is -1.31. The summed E-state index contributed by atoms with van der Waals surface area (Å²) >= 11 is 0. The van der Waals surface area contributed by atoms with Gasteiger partial charge in [0.1, 0.15) is 5.75 Å². The molecule has 0 spiro atoms. The number of carbonyl (C=O) groups is 1. The normalized spacial score (nSPS) is 18.0. The van der Waals surface area contributed by atoms with Crippen LogP contribution in [0.3, 0.4) is 0 Å². The van der Waals surface area contributed by atoms with Crippen LogP contribution in [0, 0.1) is 5.41 Å². The molecule has 0 unspecified atom stereocenters. The van der Waals surface area contributed by atoms with Crippen LogP contribution >= 0.6 is 0 Å². The van der Waals surface area contributed by atoms with Crippen LogP contribution in [0.5, 0.6) is 5.75 Å². The van der Waals surface area contributed by atoms with Crippen molar-refractivity contribution in [3.8, 4) is 5.75 Å². The Kier molecular flexibility index (Phi) is 3.74. The molecule has 0 heterocycles. The van der Waals surface area contributed by atoms with E-state index in [4.69, 9.17) is 4.74 Å². The Morgan fingerprint density at radius 2 is 1.94 bits per heavy atom. The van der Waals surface area contributed by atoms with Gasteiger partial charge in [-0.1, -0.05) is 31.9 Å². The fraction of sp³-hybridized carbons (Fsp3) is 0.562. The molecule has 0 N–H and O–H groups in total. The SMILES string of the molecule is CC(C)Oc1cccc(C(=O)C2(C)CCCC2)c1. The maximum atomic E-state index is 12.6. The van der Waals surface area contributed by atoms with Crippen LogP contribution in [0.1, 0.15) is 56.8 Å². The quantitative estimate of drug-likeness (QED) is 0.743. The van der Waals surface area contributed by atoms with Gasteiger partial charge in [-0.3, -0.25) is 4.79 Å². The summed E-state index contributed by atoms with van der Waals surface area (Å²) in [6, 6.07) is 7.60. The van der Waals surface area contributed by atoms with Gasteiger partial charge in [0.25, 0.3) is 0 Å². The first-order valence-electron chi connectivity index (χ1n) is 6.83. The van der Waals surface area contributed by atoms with E-state index in [9.17, 15) is 4.79 Å². The third kappa shape index (κ3) is 2.74. The lowest BCUT2D eigenvalue weighted by atomic mass is 9.81. The highest BCUT2D eigenvalue weighted by atomic mass is 16.5. The number of Topliss-reactive ketones (excluding diaryl/α,β-unsaturated/α-hetero) is 1. The van der Waals surface area contributed by atoms with Crippen molar-refractivity contribution < 1.29 is 9.53 Å². The Balaban J connectivity index is 2.20. The summed E-state index contributed by atoms with van der Waals surface area (Å²) in [5, 5.41) is 0. The molecule has 2 heteroatoms. The van der Waals surface area contributed by atoms with Crippen LogP contribution in [0.25, 0.3) is 0 Å². The highest BCUT2D eigenvalue weighted by Gasteiger charge is 2.36. The zero-order chi connectivity index (χ0) is 13.2. The first-order valence-corrected chi connectivity index (χ1v) is 6.83. The van der Waals surface area contributed by atoms with Gasteiger partial charge in [0.05, 0.1) is 6.10 Å². The van der Waals surface area contributed by atoms with Gasteiger partial charge in [-0.05, 0) is 38.8 Å². The number of rotatable bonds is 4. The summed E-state index contributed by atoms with van der Waals surface area (Å²) in [6.45, 7) is 6.08. The highest BCUT2D eigenvalue weighted by Crippen LogP contribution is 2.40. The number of ether oxygens (including phenoxy) is 1. The summed E-state index contributed by atoms with van der Waals surface area (Å²) in [4.78, 5) is 12.6. The lowest BCUT2D eigenvalue weighted by Gasteiger charge is -2.22. The maximum Gasteiger partial charge on any atom is 0.168 e. The van der Waals surface area contributed by atoms with E-state index in [1.54, 1.807) is 0 Å².